The van der Waals surface area contributed by atoms with Crippen LogP contribution in [0, 0.1) is 0 Å². The number of imidazole rings is 1. The zero-order valence-electron chi connectivity index (χ0n) is 11.3. The monoisotopic (exact) mass is 248 g/mol. The first-order valence-electron chi connectivity index (χ1n) is 7.26. The van der Waals surface area contributed by atoms with Crippen molar-refractivity contribution < 1.29 is 0 Å². The molecule has 2 atom stereocenters. The lowest BCUT2D eigenvalue weighted by Gasteiger charge is -2.35. The molecule has 4 nitrogen and oxygen atoms in total. The summed E-state index contributed by atoms with van der Waals surface area (Å²) in [5, 5.41) is 3.72. The summed E-state index contributed by atoms with van der Waals surface area (Å²) in [5.74, 6) is 1.18. The first-order valence-corrected chi connectivity index (χ1v) is 7.26. The molecule has 1 aromatic heterocycles. The third-order valence-electron chi connectivity index (χ3n) is 4.52. The zero-order chi connectivity index (χ0) is 12.4. The van der Waals surface area contributed by atoms with E-state index in [9.17, 15) is 0 Å². The maximum atomic E-state index is 4.37. The van der Waals surface area contributed by atoms with Crippen LogP contribution < -0.4 is 5.32 Å². The number of hydrogen-bond donors (Lipinski definition) is 1. The predicted molar refractivity (Wildman–Crippen MR) is 72.5 cm³/mol. The minimum atomic E-state index is 0.726. The van der Waals surface area contributed by atoms with Crippen LogP contribution in [-0.4, -0.2) is 46.2 Å². The van der Waals surface area contributed by atoms with Crippen molar-refractivity contribution in [3.8, 4) is 0 Å². The van der Waals surface area contributed by atoms with Crippen molar-refractivity contribution in [2.45, 2.75) is 44.2 Å². The number of rotatable bonds is 4. The Morgan fingerprint density at radius 3 is 3.17 bits per heavy atom. The van der Waals surface area contributed by atoms with Crippen molar-refractivity contribution in [3.05, 3.63) is 18.2 Å². The van der Waals surface area contributed by atoms with Crippen LogP contribution in [0.1, 0.15) is 31.5 Å². The molecule has 0 spiro atoms. The first kappa shape index (κ1) is 12.2. The van der Waals surface area contributed by atoms with Gasteiger partial charge in [0.15, 0.2) is 0 Å². The van der Waals surface area contributed by atoms with Crippen LogP contribution in [0.15, 0.2) is 12.4 Å². The van der Waals surface area contributed by atoms with Gasteiger partial charge in [-0.05, 0) is 38.8 Å². The molecule has 100 valence electrons. The second kappa shape index (κ2) is 5.41. The van der Waals surface area contributed by atoms with Crippen molar-refractivity contribution in [1.82, 2.24) is 19.8 Å². The highest BCUT2D eigenvalue weighted by atomic mass is 15.2. The molecular weight excluding hydrogens is 224 g/mol. The smallest absolute Gasteiger partial charge is 0.109 e. The van der Waals surface area contributed by atoms with E-state index in [1.165, 1.54) is 44.6 Å². The fourth-order valence-electron chi connectivity index (χ4n) is 3.44. The molecule has 2 saturated heterocycles. The highest BCUT2D eigenvalue weighted by molar-refractivity contribution is 4.93. The number of aromatic nitrogens is 2. The van der Waals surface area contributed by atoms with Gasteiger partial charge in [0, 0.05) is 44.5 Å². The predicted octanol–water partition coefficient (Wildman–Crippen LogP) is 1.18. The molecule has 3 heterocycles. The van der Waals surface area contributed by atoms with E-state index < -0.39 is 0 Å². The van der Waals surface area contributed by atoms with E-state index in [1.807, 2.05) is 12.4 Å². The molecule has 4 heteroatoms. The largest absolute Gasteiger partial charge is 0.338 e. The Morgan fingerprint density at radius 2 is 2.33 bits per heavy atom. The molecule has 0 aliphatic carbocycles. The fraction of sp³-hybridized carbons (Fsp3) is 0.786. The van der Waals surface area contributed by atoms with Gasteiger partial charge < -0.3 is 14.8 Å². The molecule has 2 fully saturated rings. The third kappa shape index (κ3) is 2.59. The molecule has 0 aromatic carbocycles. The molecule has 2 aliphatic rings. The van der Waals surface area contributed by atoms with Gasteiger partial charge in [-0.1, -0.05) is 0 Å². The van der Waals surface area contributed by atoms with E-state index in [-0.39, 0.29) is 0 Å². The maximum Gasteiger partial charge on any atom is 0.109 e. The third-order valence-corrected chi connectivity index (χ3v) is 4.52. The zero-order valence-corrected chi connectivity index (χ0v) is 11.3. The molecule has 0 saturated carbocycles. The van der Waals surface area contributed by atoms with Gasteiger partial charge in [-0.3, -0.25) is 0 Å². The normalized spacial score (nSPS) is 28.5. The summed E-state index contributed by atoms with van der Waals surface area (Å²) in [6.07, 6.45) is 10.4. The highest BCUT2D eigenvalue weighted by Crippen LogP contribution is 2.26. The first-order chi connectivity index (χ1) is 8.83. The quantitative estimate of drug-likeness (QED) is 0.868. The van der Waals surface area contributed by atoms with Crippen molar-refractivity contribution >= 4 is 0 Å². The molecule has 1 N–H and O–H groups in total. The van der Waals surface area contributed by atoms with Crippen molar-refractivity contribution in [2.75, 3.05) is 19.6 Å². The molecule has 2 unspecified atom stereocenters. The summed E-state index contributed by atoms with van der Waals surface area (Å²) in [5.41, 5.74) is 0. The topological polar surface area (TPSA) is 33.1 Å². The summed E-state index contributed by atoms with van der Waals surface area (Å²) in [6.45, 7) is 3.69. The molecule has 0 radical (unpaired) electrons. The summed E-state index contributed by atoms with van der Waals surface area (Å²) in [6, 6.07) is 1.59. The lowest BCUT2D eigenvalue weighted by Crippen LogP contribution is -2.46. The lowest BCUT2D eigenvalue weighted by molar-refractivity contribution is 0.167. The minimum absolute atomic E-state index is 0.726. The summed E-state index contributed by atoms with van der Waals surface area (Å²) >= 11 is 0. The second-order valence-electron chi connectivity index (χ2n) is 5.71. The number of aryl methyl sites for hydroxylation is 1. The van der Waals surface area contributed by atoms with E-state index in [4.69, 9.17) is 0 Å². The van der Waals surface area contributed by atoms with Gasteiger partial charge >= 0.3 is 0 Å². The molecule has 3 rings (SSSR count). The van der Waals surface area contributed by atoms with Gasteiger partial charge in [-0.15, -0.1) is 0 Å². The number of nitrogens with one attached hydrogen (secondary N) is 1. The van der Waals surface area contributed by atoms with Gasteiger partial charge in [0.05, 0.1) is 0 Å². The molecule has 1 aromatic rings. The Morgan fingerprint density at radius 1 is 1.39 bits per heavy atom. The lowest BCUT2D eigenvalue weighted by atomic mass is 9.97. The Balaban J connectivity index is 1.42. The average Bonchev–Trinajstić information content (AvgIpc) is 2.98. The average molecular weight is 248 g/mol. The van der Waals surface area contributed by atoms with Gasteiger partial charge in [-0.25, -0.2) is 4.98 Å². The Bertz CT molecular complexity index is 387. The SMILES string of the molecule is Cn1ccnc1CCNC1CCN2CCCC2C1. The Labute approximate surface area is 109 Å². The van der Waals surface area contributed by atoms with Crippen LogP contribution in [0.3, 0.4) is 0 Å². The second-order valence-corrected chi connectivity index (χ2v) is 5.71. The summed E-state index contributed by atoms with van der Waals surface area (Å²) in [7, 11) is 2.07. The molecule has 0 amide bonds. The standard InChI is InChI=1S/C14H24N4/c1-17-10-7-16-14(17)4-6-15-12-5-9-18-8-2-3-13(18)11-12/h7,10,12-13,15H,2-6,8-9,11H2,1H3. The minimum Gasteiger partial charge on any atom is -0.338 e. The van der Waals surface area contributed by atoms with E-state index in [1.54, 1.807) is 0 Å². The van der Waals surface area contributed by atoms with Crippen LogP contribution in [0.2, 0.25) is 0 Å². The van der Waals surface area contributed by atoms with Crippen molar-refractivity contribution in [3.63, 3.8) is 0 Å². The Kier molecular flexibility index (Phi) is 3.66. The molecule has 18 heavy (non-hydrogen) atoms. The van der Waals surface area contributed by atoms with Crippen LogP contribution >= 0.6 is 0 Å². The molecule has 2 aliphatic heterocycles. The van der Waals surface area contributed by atoms with Gasteiger partial charge in [0.25, 0.3) is 0 Å². The number of fused-ring (bicyclic) bond motifs is 1. The van der Waals surface area contributed by atoms with Crippen LogP contribution in [0.4, 0.5) is 0 Å². The maximum absolute atomic E-state index is 4.37. The molecular formula is C14H24N4. The van der Waals surface area contributed by atoms with Crippen molar-refractivity contribution in [1.29, 1.82) is 0 Å². The van der Waals surface area contributed by atoms with Crippen molar-refractivity contribution in [2.24, 2.45) is 7.05 Å². The fourth-order valence-corrected chi connectivity index (χ4v) is 3.44. The summed E-state index contributed by atoms with van der Waals surface area (Å²) < 4.78 is 2.11. The highest BCUT2D eigenvalue weighted by Gasteiger charge is 2.31. The molecule has 0 bridgehead atoms. The van der Waals surface area contributed by atoms with Gasteiger partial charge in [0.2, 0.25) is 0 Å². The number of nitrogens with zero attached hydrogens (tertiary/aromatic N) is 3. The van der Waals surface area contributed by atoms with Crippen LogP contribution in [0.25, 0.3) is 0 Å². The van der Waals surface area contributed by atoms with E-state index in [0.29, 0.717) is 0 Å². The Hall–Kier alpha value is -0.870. The van der Waals surface area contributed by atoms with E-state index in [2.05, 4.69) is 26.8 Å². The van der Waals surface area contributed by atoms with E-state index >= 15 is 0 Å². The number of piperidine rings is 1. The van der Waals surface area contributed by atoms with Crippen LogP contribution in [-0.2, 0) is 13.5 Å². The van der Waals surface area contributed by atoms with Gasteiger partial charge in [0.1, 0.15) is 5.82 Å². The van der Waals surface area contributed by atoms with E-state index in [0.717, 1.165) is 25.0 Å². The van der Waals surface area contributed by atoms with Crippen LogP contribution in [0.5, 0.6) is 0 Å². The number of hydrogen-bond acceptors (Lipinski definition) is 3. The summed E-state index contributed by atoms with van der Waals surface area (Å²) in [4.78, 5) is 7.04. The van der Waals surface area contributed by atoms with Gasteiger partial charge in [-0.2, -0.15) is 0 Å².